The minimum atomic E-state index is 0.668. The van der Waals surface area contributed by atoms with Crippen LogP contribution in [0.2, 0.25) is 0 Å². The molecule has 0 aromatic heterocycles. The lowest BCUT2D eigenvalue weighted by molar-refractivity contribution is 0.288. The molecule has 0 bridgehead atoms. The highest BCUT2D eigenvalue weighted by atomic mass is 16.5. The second-order valence-electron chi connectivity index (χ2n) is 5.16. The van der Waals surface area contributed by atoms with Crippen molar-refractivity contribution in [3.63, 3.8) is 0 Å². The van der Waals surface area contributed by atoms with Crippen LogP contribution in [-0.2, 0) is 0 Å². The molecule has 0 radical (unpaired) electrons. The SMILES string of the molecule is Cc1cc(C)c(OCCC2CCCN2)c(C)c1. The van der Waals surface area contributed by atoms with Gasteiger partial charge in [0.15, 0.2) is 0 Å². The molecule has 0 spiro atoms. The summed E-state index contributed by atoms with van der Waals surface area (Å²) < 4.78 is 5.94. The molecule has 2 rings (SSSR count). The first-order valence-electron chi connectivity index (χ1n) is 6.61. The summed E-state index contributed by atoms with van der Waals surface area (Å²) in [5, 5.41) is 3.50. The number of aryl methyl sites for hydroxylation is 3. The lowest BCUT2D eigenvalue weighted by Gasteiger charge is -2.15. The predicted octanol–water partition coefficient (Wildman–Crippen LogP) is 3.13. The Bertz CT molecular complexity index is 358. The highest BCUT2D eigenvalue weighted by Gasteiger charge is 2.14. The summed E-state index contributed by atoms with van der Waals surface area (Å²) in [7, 11) is 0. The molecule has 1 aliphatic heterocycles. The van der Waals surface area contributed by atoms with E-state index < -0.39 is 0 Å². The van der Waals surface area contributed by atoms with Crippen LogP contribution in [-0.4, -0.2) is 19.2 Å². The van der Waals surface area contributed by atoms with Gasteiger partial charge in [0.05, 0.1) is 6.61 Å². The van der Waals surface area contributed by atoms with Crippen LogP contribution >= 0.6 is 0 Å². The van der Waals surface area contributed by atoms with Crippen LogP contribution in [0.3, 0.4) is 0 Å². The number of hydrogen-bond donors (Lipinski definition) is 1. The minimum Gasteiger partial charge on any atom is -0.493 e. The quantitative estimate of drug-likeness (QED) is 0.862. The van der Waals surface area contributed by atoms with E-state index in [1.165, 1.54) is 36.1 Å². The molecule has 0 amide bonds. The van der Waals surface area contributed by atoms with Gasteiger partial charge in [-0.25, -0.2) is 0 Å². The van der Waals surface area contributed by atoms with Crippen molar-refractivity contribution in [2.45, 2.75) is 46.1 Å². The maximum Gasteiger partial charge on any atom is 0.125 e. The Morgan fingerprint density at radius 1 is 1.24 bits per heavy atom. The number of nitrogens with one attached hydrogen (secondary N) is 1. The Hall–Kier alpha value is -1.02. The third-order valence-electron chi connectivity index (χ3n) is 3.48. The first-order chi connectivity index (χ1) is 8.16. The monoisotopic (exact) mass is 233 g/mol. The standard InChI is InChI=1S/C15H23NO/c1-11-9-12(2)15(13(3)10-11)17-8-6-14-5-4-7-16-14/h9-10,14,16H,4-8H2,1-3H3. The lowest BCUT2D eigenvalue weighted by atomic mass is 10.1. The first-order valence-corrected chi connectivity index (χ1v) is 6.61. The fraction of sp³-hybridized carbons (Fsp3) is 0.600. The Morgan fingerprint density at radius 2 is 1.94 bits per heavy atom. The van der Waals surface area contributed by atoms with Gasteiger partial charge in [-0.15, -0.1) is 0 Å². The van der Waals surface area contributed by atoms with Gasteiger partial charge in [0.2, 0.25) is 0 Å². The van der Waals surface area contributed by atoms with Gasteiger partial charge in [-0.1, -0.05) is 17.7 Å². The van der Waals surface area contributed by atoms with E-state index in [1.54, 1.807) is 0 Å². The van der Waals surface area contributed by atoms with E-state index in [-0.39, 0.29) is 0 Å². The average Bonchev–Trinajstić information content (AvgIpc) is 2.74. The molecular formula is C15H23NO. The number of benzene rings is 1. The van der Waals surface area contributed by atoms with Gasteiger partial charge in [0.25, 0.3) is 0 Å². The molecular weight excluding hydrogens is 210 g/mol. The average molecular weight is 233 g/mol. The third-order valence-corrected chi connectivity index (χ3v) is 3.48. The fourth-order valence-corrected chi connectivity index (χ4v) is 2.70. The highest BCUT2D eigenvalue weighted by molar-refractivity contribution is 5.42. The van der Waals surface area contributed by atoms with Crippen LogP contribution in [0.1, 0.15) is 36.0 Å². The molecule has 1 N–H and O–H groups in total. The van der Waals surface area contributed by atoms with Gasteiger partial charge in [-0.05, 0) is 57.7 Å². The predicted molar refractivity (Wildman–Crippen MR) is 71.8 cm³/mol. The van der Waals surface area contributed by atoms with Crippen molar-refractivity contribution >= 4 is 0 Å². The second-order valence-corrected chi connectivity index (χ2v) is 5.16. The molecule has 1 aromatic rings. The van der Waals surface area contributed by atoms with Crippen molar-refractivity contribution < 1.29 is 4.74 Å². The maximum atomic E-state index is 5.94. The normalized spacial score (nSPS) is 19.6. The fourth-order valence-electron chi connectivity index (χ4n) is 2.70. The van der Waals surface area contributed by atoms with Crippen LogP contribution in [0, 0.1) is 20.8 Å². The van der Waals surface area contributed by atoms with Crippen molar-refractivity contribution in [1.29, 1.82) is 0 Å². The van der Waals surface area contributed by atoms with Gasteiger partial charge >= 0.3 is 0 Å². The van der Waals surface area contributed by atoms with Gasteiger partial charge in [-0.2, -0.15) is 0 Å². The van der Waals surface area contributed by atoms with Crippen LogP contribution in [0.4, 0.5) is 0 Å². The molecule has 2 heteroatoms. The number of hydrogen-bond acceptors (Lipinski definition) is 2. The molecule has 2 nitrogen and oxygen atoms in total. The van der Waals surface area contributed by atoms with Gasteiger partial charge in [-0.3, -0.25) is 0 Å². The summed E-state index contributed by atoms with van der Waals surface area (Å²) in [6.45, 7) is 8.38. The largest absolute Gasteiger partial charge is 0.493 e. The molecule has 1 saturated heterocycles. The third kappa shape index (κ3) is 3.22. The van der Waals surface area contributed by atoms with Crippen LogP contribution in [0.15, 0.2) is 12.1 Å². The molecule has 1 unspecified atom stereocenters. The Labute approximate surface area is 104 Å². The Morgan fingerprint density at radius 3 is 2.53 bits per heavy atom. The molecule has 0 saturated carbocycles. The molecule has 1 fully saturated rings. The van der Waals surface area contributed by atoms with Crippen LogP contribution in [0.5, 0.6) is 5.75 Å². The summed E-state index contributed by atoms with van der Waals surface area (Å²) in [4.78, 5) is 0. The van der Waals surface area contributed by atoms with Gasteiger partial charge in [0.1, 0.15) is 5.75 Å². The summed E-state index contributed by atoms with van der Waals surface area (Å²) in [5.74, 6) is 1.08. The van der Waals surface area contributed by atoms with Crippen molar-refractivity contribution in [1.82, 2.24) is 5.32 Å². The Kier molecular flexibility index (Phi) is 4.06. The molecule has 1 atom stereocenters. The summed E-state index contributed by atoms with van der Waals surface area (Å²) in [6, 6.07) is 5.05. The van der Waals surface area contributed by atoms with Gasteiger partial charge < -0.3 is 10.1 Å². The van der Waals surface area contributed by atoms with E-state index in [4.69, 9.17) is 4.74 Å². The summed E-state index contributed by atoms with van der Waals surface area (Å²) >= 11 is 0. The van der Waals surface area contributed by atoms with Crippen LogP contribution < -0.4 is 10.1 Å². The topological polar surface area (TPSA) is 21.3 Å². The molecule has 17 heavy (non-hydrogen) atoms. The van der Waals surface area contributed by atoms with Crippen LogP contribution in [0.25, 0.3) is 0 Å². The molecule has 0 aliphatic carbocycles. The zero-order chi connectivity index (χ0) is 12.3. The molecule has 1 heterocycles. The van der Waals surface area contributed by atoms with Crippen molar-refractivity contribution in [3.8, 4) is 5.75 Å². The van der Waals surface area contributed by atoms with E-state index in [0.29, 0.717) is 6.04 Å². The number of rotatable bonds is 4. The smallest absolute Gasteiger partial charge is 0.125 e. The summed E-state index contributed by atoms with van der Waals surface area (Å²) in [5.41, 5.74) is 3.81. The van der Waals surface area contributed by atoms with E-state index in [2.05, 4.69) is 38.2 Å². The first kappa shape index (κ1) is 12.4. The zero-order valence-corrected chi connectivity index (χ0v) is 11.2. The van der Waals surface area contributed by atoms with Crippen molar-refractivity contribution in [2.75, 3.05) is 13.2 Å². The summed E-state index contributed by atoms with van der Waals surface area (Å²) in [6.07, 6.45) is 3.73. The molecule has 1 aliphatic rings. The zero-order valence-electron chi connectivity index (χ0n) is 11.2. The molecule has 94 valence electrons. The second kappa shape index (κ2) is 5.54. The minimum absolute atomic E-state index is 0.668. The van der Waals surface area contributed by atoms with Crippen molar-refractivity contribution in [3.05, 3.63) is 28.8 Å². The van der Waals surface area contributed by atoms with E-state index in [9.17, 15) is 0 Å². The van der Waals surface area contributed by atoms with Crippen molar-refractivity contribution in [2.24, 2.45) is 0 Å². The van der Waals surface area contributed by atoms with E-state index in [1.807, 2.05) is 0 Å². The maximum absolute atomic E-state index is 5.94. The Balaban J connectivity index is 1.89. The lowest BCUT2D eigenvalue weighted by Crippen LogP contribution is -2.23. The van der Waals surface area contributed by atoms with Gasteiger partial charge in [0, 0.05) is 6.04 Å². The number of ether oxygens (including phenoxy) is 1. The van der Waals surface area contributed by atoms with E-state index in [0.717, 1.165) is 18.8 Å². The van der Waals surface area contributed by atoms with E-state index >= 15 is 0 Å². The molecule has 1 aromatic carbocycles. The highest BCUT2D eigenvalue weighted by Crippen LogP contribution is 2.24.